The Balaban J connectivity index is 0.00000158. The number of aromatic nitrogens is 3. The molecule has 0 bridgehead atoms. The van der Waals surface area contributed by atoms with E-state index in [1.165, 1.54) is 31.4 Å². The summed E-state index contributed by atoms with van der Waals surface area (Å²) in [4.78, 5) is 16.1. The maximum Gasteiger partial charge on any atom is 0.339 e. The van der Waals surface area contributed by atoms with Crippen LogP contribution in [0.2, 0.25) is 0 Å². The van der Waals surface area contributed by atoms with Gasteiger partial charge in [0.2, 0.25) is 0 Å². The van der Waals surface area contributed by atoms with Gasteiger partial charge in [0.1, 0.15) is 11.3 Å². The van der Waals surface area contributed by atoms with Crippen LogP contribution in [-0.4, -0.2) is 46.6 Å². The Morgan fingerprint density at radius 1 is 1.12 bits per heavy atom. The minimum absolute atomic E-state index is 0.0334. The van der Waals surface area contributed by atoms with Crippen LogP contribution in [0.15, 0.2) is 65.7 Å². The molecule has 0 radical (unpaired) electrons. The molecule has 0 spiro atoms. The van der Waals surface area contributed by atoms with E-state index in [9.17, 15) is 18.3 Å². The van der Waals surface area contributed by atoms with Gasteiger partial charge in [-0.3, -0.25) is 4.72 Å². The zero-order chi connectivity index (χ0) is 24.9. The molecular formula is C22H23N5O6S. The molecular weight excluding hydrogens is 462 g/mol. The van der Waals surface area contributed by atoms with Gasteiger partial charge in [-0.2, -0.15) is 5.10 Å². The van der Waals surface area contributed by atoms with Crippen molar-refractivity contribution in [1.82, 2.24) is 14.8 Å². The Morgan fingerprint density at radius 2 is 1.76 bits per heavy atom. The van der Waals surface area contributed by atoms with Gasteiger partial charge in [-0.1, -0.05) is 30.3 Å². The van der Waals surface area contributed by atoms with Crippen LogP contribution in [0, 0.1) is 6.92 Å². The molecule has 2 aromatic carbocycles. The minimum atomic E-state index is -4.09. The first-order valence-corrected chi connectivity index (χ1v) is 11.3. The van der Waals surface area contributed by atoms with E-state index in [-0.39, 0.29) is 16.1 Å². The van der Waals surface area contributed by atoms with Crippen molar-refractivity contribution in [3.05, 3.63) is 77.6 Å². The number of ether oxygens (including phenoxy) is 1. The van der Waals surface area contributed by atoms with E-state index in [0.717, 1.165) is 11.8 Å². The third-order valence-corrected chi connectivity index (χ3v) is 6.31. The van der Waals surface area contributed by atoms with Gasteiger partial charge in [0.15, 0.2) is 5.65 Å². The quantitative estimate of drug-likeness (QED) is 0.287. The van der Waals surface area contributed by atoms with Crippen LogP contribution in [-0.2, 0) is 16.6 Å². The summed E-state index contributed by atoms with van der Waals surface area (Å²) in [5.74, 6) is 2.70. The van der Waals surface area contributed by atoms with Gasteiger partial charge in [-0.25, -0.2) is 28.8 Å². The van der Waals surface area contributed by atoms with Gasteiger partial charge in [0, 0.05) is 6.20 Å². The topological polar surface area (TPSA) is 170 Å². The van der Waals surface area contributed by atoms with E-state index in [0.29, 0.717) is 29.0 Å². The number of pyridine rings is 1. The second kappa shape index (κ2) is 10.3. The number of nitrogens with two attached hydrogens (primary N) is 1. The summed E-state index contributed by atoms with van der Waals surface area (Å²) in [5.41, 5.74) is 1.47. The van der Waals surface area contributed by atoms with E-state index in [1.54, 1.807) is 11.6 Å². The lowest BCUT2D eigenvalue weighted by molar-refractivity contribution is 0.0697. The predicted octanol–water partition coefficient (Wildman–Crippen LogP) is 2.63. The molecule has 178 valence electrons. The largest absolute Gasteiger partial charge is 0.497 e. The van der Waals surface area contributed by atoms with Gasteiger partial charge in [0.05, 0.1) is 35.3 Å². The molecule has 34 heavy (non-hydrogen) atoms. The van der Waals surface area contributed by atoms with Gasteiger partial charge in [0.25, 0.3) is 10.0 Å². The Morgan fingerprint density at radius 3 is 2.35 bits per heavy atom. The maximum atomic E-state index is 13.0. The van der Waals surface area contributed by atoms with Crippen LogP contribution in [0.3, 0.4) is 0 Å². The Kier molecular flexibility index (Phi) is 7.46. The van der Waals surface area contributed by atoms with Gasteiger partial charge in [-0.05, 0) is 36.8 Å². The van der Waals surface area contributed by atoms with Crippen LogP contribution in [0.1, 0.15) is 21.6 Å². The van der Waals surface area contributed by atoms with Crippen molar-refractivity contribution in [1.29, 1.82) is 0 Å². The lowest BCUT2D eigenvalue weighted by Crippen LogP contribution is -2.16. The summed E-state index contributed by atoms with van der Waals surface area (Å²) in [7, 11) is -2.61. The number of nitrogens with zero attached hydrogens (tertiary/aromatic N) is 3. The molecule has 0 atom stereocenters. The molecule has 0 fully saturated rings. The smallest absolute Gasteiger partial charge is 0.339 e. The summed E-state index contributed by atoms with van der Waals surface area (Å²) < 4.78 is 35.2. The molecule has 0 aliphatic heterocycles. The zero-order valence-electron chi connectivity index (χ0n) is 18.3. The molecule has 0 saturated carbocycles. The number of carboxylic acid groups (broad SMARTS) is 1. The van der Waals surface area contributed by atoms with E-state index >= 15 is 0 Å². The van der Waals surface area contributed by atoms with Crippen LogP contribution < -0.4 is 15.4 Å². The normalized spacial score (nSPS) is 10.9. The summed E-state index contributed by atoms with van der Waals surface area (Å²) in [5, 5.41) is 21.0. The lowest BCUT2D eigenvalue weighted by Gasteiger charge is -2.13. The second-order valence-electron chi connectivity index (χ2n) is 7.06. The average molecular weight is 486 g/mol. The number of aryl methyl sites for hydroxylation is 1. The highest BCUT2D eigenvalue weighted by molar-refractivity contribution is 7.92. The number of carboxylic acids is 1. The molecule has 2 aromatic heterocycles. The highest BCUT2D eigenvalue weighted by Crippen LogP contribution is 2.31. The van der Waals surface area contributed by atoms with Crippen molar-refractivity contribution in [2.45, 2.75) is 18.4 Å². The average Bonchev–Trinajstić information content (AvgIpc) is 3.16. The first-order chi connectivity index (χ1) is 16.3. The fraction of sp³-hybridized carbons (Fsp3) is 0.136. The number of carbonyl (C=O) groups is 1. The zero-order valence-corrected chi connectivity index (χ0v) is 19.2. The molecule has 0 unspecified atom stereocenters. The summed E-state index contributed by atoms with van der Waals surface area (Å²) >= 11 is 0. The number of benzene rings is 2. The summed E-state index contributed by atoms with van der Waals surface area (Å²) in [6, 6.07) is 15.4. The first-order valence-electron chi connectivity index (χ1n) is 9.86. The highest BCUT2D eigenvalue weighted by Gasteiger charge is 2.25. The molecule has 0 saturated heterocycles. The molecule has 0 aliphatic rings. The SMILES string of the molecule is COc1ccc(S(=O)(=O)Nc2c(C(=O)O)cnc3c2c(C)nn3Cc2ccccc2)cc1.NO. The standard InChI is InChI=1S/C22H20N4O5S.H3NO/c1-14-19-20(25-32(29,30)17-10-8-16(31-2)9-11-17)18(22(27)28)12-23-21(19)26(24-14)13-15-6-4-3-5-7-15;1-2/h3-12H,13H2,1-2H3,(H,23,25)(H,27,28);2H,1H2. The summed E-state index contributed by atoms with van der Waals surface area (Å²) in [6.45, 7) is 2.08. The van der Waals surface area contributed by atoms with Crippen molar-refractivity contribution < 1.29 is 28.3 Å². The van der Waals surface area contributed by atoms with E-state index in [4.69, 9.17) is 9.94 Å². The number of hydrogen-bond donors (Lipinski definition) is 4. The van der Waals surface area contributed by atoms with Gasteiger partial charge < -0.3 is 15.1 Å². The van der Waals surface area contributed by atoms with E-state index in [1.807, 2.05) is 30.3 Å². The maximum absolute atomic E-state index is 13.0. The first kappa shape index (κ1) is 24.6. The highest BCUT2D eigenvalue weighted by atomic mass is 32.2. The molecule has 11 nitrogen and oxygen atoms in total. The van der Waals surface area contributed by atoms with Gasteiger partial charge in [-0.15, -0.1) is 0 Å². The van der Waals surface area contributed by atoms with Crippen LogP contribution in [0.25, 0.3) is 11.0 Å². The van der Waals surface area contributed by atoms with E-state index < -0.39 is 16.0 Å². The lowest BCUT2D eigenvalue weighted by atomic mass is 10.1. The monoisotopic (exact) mass is 485 g/mol. The summed E-state index contributed by atoms with van der Waals surface area (Å²) in [6.07, 6.45) is 1.14. The van der Waals surface area contributed by atoms with E-state index in [2.05, 4.69) is 20.7 Å². The molecule has 0 aliphatic carbocycles. The Hall–Kier alpha value is -4.00. The second-order valence-corrected chi connectivity index (χ2v) is 8.74. The molecule has 5 N–H and O–H groups in total. The number of anilines is 1. The Bertz CT molecular complexity index is 1400. The van der Waals surface area contributed by atoms with Crippen molar-refractivity contribution in [2.24, 2.45) is 5.90 Å². The van der Waals surface area contributed by atoms with Crippen molar-refractivity contribution >= 4 is 32.7 Å². The number of aromatic carboxylic acids is 1. The fourth-order valence-electron chi connectivity index (χ4n) is 3.40. The van der Waals surface area contributed by atoms with Crippen LogP contribution in [0.5, 0.6) is 5.75 Å². The molecule has 4 aromatic rings. The molecule has 12 heteroatoms. The molecule has 4 rings (SSSR count). The molecule has 0 amide bonds. The number of rotatable bonds is 7. The number of methoxy groups -OCH3 is 1. The van der Waals surface area contributed by atoms with Crippen molar-refractivity contribution in [2.75, 3.05) is 11.8 Å². The fourth-order valence-corrected chi connectivity index (χ4v) is 4.49. The third-order valence-electron chi connectivity index (χ3n) is 4.95. The minimum Gasteiger partial charge on any atom is -0.497 e. The molecule has 2 heterocycles. The number of hydrogen-bond acceptors (Lipinski definition) is 8. The third kappa shape index (κ3) is 4.98. The number of nitrogens with one attached hydrogen (secondary N) is 1. The van der Waals surface area contributed by atoms with Crippen LogP contribution >= 0.6 is 0 Å². The van der Waals surface area contributed by atoms with Crippen molar-refractivity contribution in [3.8, 4) is 5.75 Å². The van der Waals surface area contributed by atoms with Crippen molar-refractivity contribution in [3.63, 3.8) is 0 Å². The van der Waals surface area contributed by atoms with Crippen LogP contribution in [0.4, 0.5) is 5.69 Å². The number of fused-ring (bicyclic) bond motifs is 1. The Labute approximate surface area is 195 Å². The predicted molar refractivity (Wildman–Crippen MR) is 125 cm³/mol. The number of sulfonamides is 1. The van der Waals surface area contributed by atoms with Gasteiger partial charge >= 0.3 is 5.97 Å².